The Morgan fingerprint density at radius 3 is 2.45 bits per heavy atom. The van der Waals surface area contributed by atoms with Crippen LogP contribution in [0.4, 0.5) is 0 Å². The third-order valence-corrected chi connectivity index (χ3v) is 4.58. The fourth-order valence-electron chi connectivity index (χ4n) is 2.99. The van der Waals surface area contributed by atoms with Crippen molar-refractivity contribution < 1.29 is 4.79 Å². The summed E-state index contributed by atoms with van der Waals surface area (Å²) in [5, 5.41) is 3.69. The maximum Gasteiger partial charge on any atom is 0.251 e. The zero-order valence-corrected chi connectivity index (χ0v) is 13.5. The number of rotatable bonds is 3. The maximum atomic E-state index is 12.3. The molecule has 0 bridgehead atoms. The number of aryl methyl sites for hydroxylation is 2. The highest BCUT2D eigenvalue weighted by Crippen LogP contribution is 2.25. The number of halogens is 1. The van der Waals surface area contributed by atoms with Crippen LogP contribution in [0.3, 0.4) is 0 Å². The first-order valence-electron chi connectivity index (χ1n) is 7.81. The van der Waals surface area contributed by atoms with E-state index < -0.39 is 0 Å². The molecule has 1 aliphatic rings. The third kappa shape index (κ3) is 3.33. The van der Waals surface area contributed by atoms with Gasteiger partial charge in [-0.1, -0.05) is 29.8 Å². The fourth-order valence-corrected chi connectivity index (χ4v) is 3.11. The molecule has 2 nitrogen and oxygen atoms in total. The lowest BCUT2D eigenvalue weighted by Gasteiger charge is -2.20. The standard InChI is InChI=1S/C19H20ClNO/c1-13(21-19(22)15-8-10-18(20)11-9-15)16-7-6-14-4-2-3-5-17(14)12-16/h6-13H,2-5H2,1H3,(H,21,22). The van der Waals surface area contributed by atoms with E-state index in [4.69, 9.17) is 11.6 Å². The third-order valence-electron chi connectivity index (χ3n) is 4.33. The first-order chi connectivity index (χ1) is 10.6. The van der Waals surface area contributed by atoms with Gasteiger partial charge in [0.2, 0.25) is 0 Å². The van der Waals surface area contributed by atoms with Crippen molar-refractivity contribution in [3.63, 3.8) is 0 Å². The Balaban J connectivity index is 1.72. The Kier molecular flexibility index (Phi) is 4.49. The average Bonchev–Trinajstić information content (AvgIpc) is 2.55. The van der Waals surface area contributed by atoms with Gasteiger partial charge in [0.25, 0.3) is 5.91 Å². The summed E-state index contributed by atoms with van der Waals surface area (Å²) >= 11 is 5.85. The van der Waals surface area contributed by atoms with Crippen molar-refractivity contribution in [3.8, 4) is 0 Å². The van der Waals surface area contributed by atoms with E-state index in [9.17, 15) is 4.79 Å². The van der Waals surface area contributed by atoms with E-state index in [0.29, 0.717) is 10.6 Å². The second-order valence-electron chi connectivity index (χ2n) is 5.94. The first kappa shape index (κ1) is 15.1. The summed E-state index contributed by atoms with van der Waals surface area (Å²) in [5.74, 6) is -0.0677. The molecule has 0 saturated heterocycles. The van der Waals surface area contributed by atoms with Gasteiger partial charge in [0.15, 0.2) is 0 Å². The molecule has 0 saturated carbocycles. The molecule has 1 atom stereocenters. The van der Waals surface area contributed by atoms with E-state index in [1.54, 1.807) is 24.3 Å². The van der Waals surface area contributed by atoms with Gasteiger partial charge in [0, 0.05) is 10.6 Å². The number of carbonyl (C=O) groups is 1. The quantitative estimate of drug-likeness (QED) is 0.873. The zero-order valence-electron chi connectivity index (χ0n) is 12.7. The molecule has 1 amide bonds. The molecular weight excluding hydrogens is 294 g/mol. The highest BCUT2D eigenvalue weighted by Gasteiger charge is 2.14. The number of hydrogen-bond acceptors (Lipinski definition) is 1. The van der Waals surface area contributed by atoms with Crippen molar-refractivity contribution in [1.82, 2.24) is 5.32 Å². The van der Waals surface area contributed by atoms with E-state index in [1.165, 1.54) is 36.0 Å². The van der Waals surface area contributed by atoms with Gasteiger partial charge in [-0.15, -0.1) is 0 Å². The molecule has 0 aromatic heterocycles. The fraction of sp³-hybridized carbons (Fsp3) is 0.316. The Hall–Kier alpha value is -1.80. The van der Waals surface area contributed by atoms with Crippen LogP contribution >= 0.6 is 11.6 Å². The van der Waals surface area contributed by atoms with Gasteiger partial charge in [0.05, 0.1) is 6.04 Å². The molecular formula is C19H20ClNO. The van der Waals surface area contributed by atoms with Crippen molar-refractivity contribution in [2.24, 2.45) is 0 Å². The lowest BCUT2D eigenvalue weighted by atomic mass is 9.89. The van der Waals surface area contributed by atoms with Crippen molar-refractivity contribution in [1.29, 1.82) is 0 Å². The van der Waals surface area contributed by atoms with Gasteiger partial charge < -0.3 is 5.32 Å². The predicted octanol–water partition coefficient (Wildman–Crippen LogP) is 4.71. The highest BCUT2D eigenvalue weighted by molar-refractivity contribution is 6.30. The van der Waals surface area contributed by atoms with Crippen molar-refractivity contribution in [3.05, 3.63) is 69.7 Å². The van der Waals surface area contributed by atoms with Crippen molar-refractivity contribution in [2.45, 2.75) is 38.6 Å². The minimum atomic E-state index is -0.0677. The zero-order chi connectivity index (χ0) is 15.5. The molecule has 0 spiro atoms. The van der Waals surface area contributed by atoms with Crippen LogP contribution in [0.15, 0.2) is 42.5 Å². The normalized spacial score (nSPS) is 15.0. The number of hydrogen-bond donors (Lipinski definition) is 1. The molecule has 22 heavy (non-hydrogen) atoms. The molecule has 2 aromatic carbocycles. The molecule has 0 aliphatic heterocycles. The van der Waals surface area contributed by atoms with Gasteiger partial charge in [-0.3, -0.25) is 4.79 Å². The summed E-state index contributed by atoms with van der Waals surface area (Å²) in [4.78, 5) is 12.3. The van der Waals surface area contributed by atoms with Crippen LogP contribution in [0.2, 0.25) is 5.02 Å². The van der Waals surface area contributed by atoms with E-state index in [0.717, 1.165) is 6.42 Å². The summed E-state index contributed by atoms with van der Waals surface area (Å²) < 4.78 is 0. The van der Waals surface area contributed by atoms with Crippen molar-refractivity contribution >= 4 is 17.5 Å². The molecule has 114 valence electrons. The van der Waals surface area contributed by atoms with Crippen LogP contribution in [0.25, 0.3) is 0 Å². The molecule has 1 N–H and O–H groups in total. The monoisotopic (exact) mass is 313 g/mol. The Morgan fingerprint density at radius 2 is 1.73 bits per heavy atom. The number of carbonyl (C=O) groups excluding carboxylic acids is 1. The van der Waals surface area contributed by atoms with E-state index in [1.807, 2.05) is 6.92 Å². The van der Waals surface area contributed by atoms with Crippen LogP contribution in [0.1, 0.15) is 52.9 Å². The SMILES string of the molecule is CC(NC(=O)c1ccc(Cl)cc1)c1ccc2c(c1)CCCC2. The van der Waals surface area contributed by atoms with Crippen LogP contribution in [0.5, 0.6) is 0 Å². The number of amides is 1. The van der Waals surface area contributed by atoms with Crippen LogP contribution < -0.4 is 5.32 Å². The van der Waals surface area contributed by atoms with E-state index >= 15 is 0 Å². The summed E-state index contributed by atoms with van der Waals surface area (Å²) in [6.45, 7) is 2.03. The molecule has 0 heterocycles. The van der Waals surface area contributed by atoms with E-state index in [-0.39, 0.29) is 11.9 Å². The van der Waals surface area contributed by atoms with Gasteiger partial charge in [-0.25, -0.2) is 0 Å². The lowest BCUT2D eigenvalue weighted by Crippen LogP contribution is -2.26. The summed E-state index contributed by atoms with van der Waals surface area (Å²) in [7, 11) is 0. The largest absolute Gasteiger partial charge is 0.346 e. The van der Waals surface area contributed by atoms with Crippen molar-refractivity contribution in [2.75, 3.05) is 0 Å². The van der Waals surface area contributed by atoms with Crippen LogP contribution in [0, 0.1) is 0 Å². The smallest absolute Gasteiger partial charge is 0.251 e. The Bertz CT molecular complexity index is 678. The number of benzene rings is 2. The van der Waals surface area contributed by atoms with Crippen LogP contribution in [-0.2, 0) is 12.8 Å². The molecule has 3 rings (SSSR count). The first-order valence-corrected chi connectivity index (χ1v) is 8.19. The molecule has 0 fully saturated rings. The summed E-state index contributed by atoms with van der Waals surface area (Å²) in [6.07, 6.45) is 4.89. The van der Waals surface area contributed by atoms with Gasteiger partial charge >= 0.3 is 0 Å². The van der Waals surface area contributed by atoms with Gasteiger partial charge in [-0.05, 0) is 73.6 Å². The Morgan fingerprint density at radius 1 is 1.05 bits per heavy atom. The minimum absolute atomic E-state index is 0.00426. The second kappa shape index (κ2) is 6.53. The topological polar surface area (TPSA) is 29.1 Å². The van der Waals surface area contributed by atoms with Gasteiger partial charge in [0.1, 0.15) is 0 Å². The molecule has 0 radical (unpaired) electrons. The molecule has 1 unspecified atom stereocenters. The molecule has 2 aromatic rings. The number of nitrogens with one attached hydrogen (secondary N) is 1. The maximum absolute atomic E-state index is 12.3. The number of fused-ring (bicyclic) bond motifs is 1. The molecule has 3 heteroatoms. The average molecular weight is 314 g/mol. The highest BCUT2D eigenvalue weighted by atomic mass is 35.5. The van der Waals surface area contributed by atoms with Crippen LogP contribution in [-0.4, -0.2) is 5.91 Å². The van der Waals surface area contributed by atoms with Gasteiger partial charge in [-0.2, -0.15) is 0 Å². The predicted molar refractivity (Wildman–Crippen MR) is 90.4 cm³/mol. The van der Waals surface area contributed by atoms with E-state index in [2.05, 4.69) is 23.5 Å². The minimum Gasteiger partial charge on any atom is -0.346 e. The Labute approximate surface area is 136 Å². The summed E-state index contributed by atoms with van der Waals surface area (Å²) in [6, 6.07) is 13.6. The molecule has 1 aliphatic carbocycles. The summed E-state index contributed by atoms with van der Waals surface area (Å²) in [5.41, 5.74) is 4.71. The second-order valence-corrected chi connectivity index (χ2v) is 6.37. The lowest BCUT2D eigenvalue weighted by molar-refractivity contribution is 0.0940.